The summed E-state index contributed by atoms with van der Waals surface area (Å²) >= 11 is 0. The van der Waals surface area contributed by atoms with Gasteiger partial charge in [-0.05, 0) is 44.6 Å². The van der Waals surface area contributed by atoms with Crippen LogP contribution in [-0.2, 0) is 0 Å². The first-order chi connectivity index (χ1) is 9.13. The average molecular weight is 266 g/mol. The van der Waals surface area contributed by atoms with E-state index in [1.807, 2.05) is 0 Å². The van der Waals surface area contributed by atoms with Gasteiger partial charge in [-0.3, -0.25) is 4.90 Å². The van der Waals surface area contributed by atoms with Gasteiger partial charge in [0.1, 0.15) is 0 Å². The van der Waals surface area contributed by atoms with E-state index in [1.165, 1.54) is 64.6 Å². The van der Waals surface area contributed by atoms with Gasteiger partial charge in [0, 0.05) is 24.2 Å². The first-order valence-corrected chi connectivity index (χ1v) is 8.63. The van der Waals surface area contributed by atoms with Gasteiger partial charge in [0.25, 0.3) is 0 Å². The number of rotatable bonds is 7. The Morgan fingerprint density at radius 3 is 2.11 bits per heavy atom. The van der Waals surface area contributed by atoms with E-state index < -0.39 is 0 Å². The number of nitrogens with zero attached hydrogens (tertiary/aromatic N) is 1. The van der Waals surface area contributed by atoms with Gasteiger partial charge in [0.15, 0.2) is 0 Å². The Labute approximate surface area is 120 Å². The molecule has 0 atom stereocenters. The molecule has 1 saturated carbocycles. The van der Waals surface area contributed by atoms with Gasteiger partial charge in [-0.25, -0.2) is 0 Å². The highest BCUT2D eigenvalue weighted by molar-refractivity contribution is 5.03. The summed E-state index contributed by atoms with van der Waals surface area (Å²) in [6.07, 6.45) is 9.49. The Morgan fingerprint density at radius 2 is 1.63 bits per heavy atom. The van der Waals surface area contributed by atoms with Crippen molar-refractivity contribution in [3.63, 3.8) is 0 Å². The molecule has 112 valence electrons. The summed E-state index contributed by atoms with van der Waals surface area (Å²) in [4.78, 5) is 2.86. The second-order valence-corrected chi connectivity index (χ2v) is 6.93. The fraction of sp³-hybridized carbons (Fsp3) is 1.00. The van der Waals surface area contributed by atoms with Crippen molar-refractivity contribution < 1.29 is 0 Å². The predicted molar refractivity (Wildman–Crippen MR) is 83.5 cm³/mol. The lowest BCUT2D eigenvalue weighted by molar-refractivity contribution is -0.00634. The van der Waals surface area contributed by atoms with Crippen molar-refractivity contribution >= 4 is 0 Å². The first kappa shape index (κ1) is 15.3. The largest absolute Gasteiger partial charge is 0.308 e. The third-order valence-electron chi connectivity index (χ3n) is 6.13. The van der Waals surface area contributed by atoms with Crippen LogP contribution in [0.5, 0.6) is 0 Å². The van der Waals surface area contributed by atoms with E-state index in [2.05, 4.69) is 37.9 Å². The van der Waals surface area contributed by atoms with Crippen molar-refractivity contribution in [1.29, 1.82) is 0 Å². The van der Waals surface area contributed by atoms with Crippen LogP contribution >= 0.6 is 0 Å². The molecule has 0 aromatic heterocycles. The van der Waals surface area contributed by atoms with E-state index in [-0.39, 0.29) is 0 Å². The molecule has 2 heteroatoms. The third kappa shape index (κ3) is 3.16. The van der Waals surface area contributed by atoms with Crippen molar-refractivity contribution in [1.82, 2.24) is 10.2 Å². The SMILES string of the molecule is CCC1(CC)CN(CCC2CC2)C(CC)(CC)CN1. The Balaban J connectivity index is 2.07. The smallest absolute Gasteiger partial charge is 0.0329 e. The van der Waals surface area contributed by atoms with E-state index in [9.17, 15) is 0 Å². The molecule has 0 unspecified atom stereocenters. The summed E-state index contributed by atoms with van der Waals surface area (Å²) in [6, 6.07) is 0. The minimum Gasteiger partial charge on any atom is -0.308 e. The lowest BCUT2D eigenvalue weighted by Crippen LogP contribution is -2.69. The number of nitrogens with one attached hydrogen (secondary N) is 1. The molecule has 2 rings (SSSR count). The fourth-order valence-electron chi connectivity index (χ4n) is 3.78. The zero-order chi connectivity index (χ0) is 13.9. The molecular formula is C17H34N2. The van der Waals surface area contributed by atoms with Crippen LogP contribution in [0.2, 0.25) is 0 Å². The summed E-state index contributed by atoms with van der Waals surface area (Å²) in [5, 5.41) is 3.92. The van der Waals surface area contributed by atoms with E-state index in [0.717, 1.165) is 5.92 Å². The van der Waals surface area contributed by atoms with Gasteiger partial charge >= 0.3 is 0 Å². The fourth-order valence-corrected chi connectivity index (χ4v) is 3.78. The topological polar surface area (TPSA) is 15.3 Å². The van der Waals surface area contributed by atoms with Crippen molar-refractivity contribution in [3.05, 3.63) is 0 Å². The van der Waals surface area contributed by atoms with Crippen LogP contribution in [0.1, 0.15) is 72.6 Å². The average Bonchev–Trinajstić information content (AvgIpc) is 3.29. The summed E-state index contributed by atoms with van der Waals surface area (Å²) in [5.41, 5.74) is 0.792. The van der Waals surface area contributed by atoms with Crippen LogP contribution in [0.4, 0.5) is 0 Å². The standard InChI is InChI=1S/C17H34N2/c1-5-16(6-2)14-19(12-11-15-9-10-15)17(7-3,8-4)13-18-16/h15,18H,5-14H2,1-4H3. The van der Waals surface area contributed by atoms with Gasteiger partial charge in [0.2, 0.25) is 0 Å². The molecule has 0 radical (unpaired) electrons. The van der Waals surface area contributed by atoms with Gasteiger partial charge in [-0.2, -0.15) is 0 Å². The molecule has 19 heavy (non-hydrogen) atoms. The highest BCUT2D eigenvalue weighted by Crippen LogP contribution is 2.37. The summed E-state index contributed by atoms with van der Waals surface area (Å²) in [6.45, 7) is 13.2. The lowest BCUT2D eigenvalue weighted by Gasteiger charge is -2.54. The molecule has 0 aromatic carbocycles. The zero-order valence-corrected chi connectivity index (χ0v) is 13.6. The minimum atomic E-state index is 0.372. The zero-order valence-electron chi connectivity index (χ0n) is 13.6. The van der Waals surface area contributed by atoms with E-state index >= 15 is 0 Å². The molecule has 2 aliphatic rings. The molecule has 0 amide bonds. The maximum absolute atomic E-state index is 3.92. The monoisotopic (exact) mass is 266 g/mol. The molecule has 2 fully saturated rings. The quantitative estimate of drug-likeness (QED) is 0.754. The van der Waals surface area contributed by atoms with Crippen molar-refractivity contribution in [3.8, 4) is 0 Å². The Bertz CT molecular complexity index is 275. The first-order valence-electron chi connectivity index (χ1n) is 8.63. The molecule has 1 heterocycles. The second kappa shape index (κ2) is 6.13. The Kier molecular flexibility index (Phi) is 4.94. The third-order valence-corrected chi connectivity index (χ3v) is 6.13. The maximum Gasteiger partial charge on any atom is 0.0329 e. The van der Waals surface area contributed by atoms with Crippen LogP contribution in [0.3, 0.4) is 0 Å². The van der Waals surface area contributed by atoms with Crippen LogP contribution in [0.15, 0.2) is 0 Å². The normalized spacial score (nSPS) is 26.5. The molecule has 1 aliphatic carbocycles. The van der Waals surface area contributed by atoms with Gasteiger partial charge in [0.05, 0.1) is 0 Å². The van der Waals surface area contributed by atoms with Crippen molar-refractivity contribution in [2.24, 2.45) is 5.92 Å². The van der Waals surface area contributed by atoms with E-state index in [4.69, 9.17) is 0 Å². The van der Waals surface area contributed by atoms with Gasteiger partial charge in [-0.1, -0.05) is 40.5 Å². The number of hydrogen-bond donors (Lipinski definition) is 1. The second-order valence-electron chi connectivity index (χ2n) is 6.93. The van der Waals surface area contributed by atoms with Crippen LogP contribution in [-0.4, -0.2) is 35.6 Å². The summed E-state index contributed by atoms with van der Waals surface area (Å²) in [7, 11) is 0. The maximum atomic E-state index is 3.92. The van der Waals surface area contributed by atoms with Gasteiger partial charge in [-0.15, -0.1) is 0 Å². The van der Waals surface area contributed by atoms with E-state index in [0.29, 0.717) is 11.1 Å². The van der Waals surface area contributed by atoms with Crippen LogP contribution in [0, 0.1) is 5.92 Å². The number of piperazine rings is 1. The summed E-state index contributed by atoms with van der Waals surface area (Å²) in [5.74, 6) is 1.05. The molecule has 0 spiro atoms. The summed E-state index contributed by atoms with van der Waals surface area (Å²) < 4.78 is 0. The Morgan fingerprint density at radius 1 is 1.00 bits per heavy atom. The molecule has 1 aliphatic heterocycles. The van der Waals surface area contributed by atoms with E-state index in [1.54, 1.807) is 0 Å². The molecule has 1 N–H and O–H groups in total. The Hall–Kier alpha value is -0.0800. The highest BCUT2D eigenvalue weighted by Gasteiger charge is 2.44. The van der Waals surface area contributed by atoms with Gasteiger partial charge < -0.3 is 5.32 Å². The molecule has 0 bridgehead atoms. The van der Waals surface area contributed by atoms with Crippen molar-refractivity contribution in [2.75, 3.05) is 19.6 Å². The molecule has 2 nitrogen and oxygen atoms in total. The molecular weight excluding hydrogens is 232 g/mol. The van der Waals surface area contributed by atoms with Crippen LogP contribution < -0.4 is 5.32 Å². The van der Waals surface area contributed by atoms with Crippen LogP contribution in [0.25, 0.3) is 0 Å². The lowest BCUT2D eigenvalue weighted by atomic mass is 9.80. The highest BCUT2D eigenvalue weighted by atomic mass is 15.3. The van der Waals surface area contributed by atoms with Crippen molar-refractivity contribution in [2.45, 2.75) is 83.7 Å². The molecule has 0 aromatic rings. The number of hydrogen-bond acceptors (Lipinski definition) is 2. The molecule has 1 saturated heterocycles. The minimum absolute atomic E-state index is 0.372. The predicted octanol–water partition coefficient (Wildman–Crippen LogP) is 3.81.